The Morgan fingerprint density at radius 1 is 1.22 bits per heavy atom. The number of benzene rings is 2. The molecule has 0 radical (unpaired) electrons. The highest BCUT2D eigenvalue weighted by Gasteiger charge is 2.22. The summed E-state index contributed by atoms with van der Waals surface area (Å²) in [5, 5.41) is 14.9. The van der Waals surface area contributed by atoms with Gasteiger partial charge in [0, 0.05) is 9.13 Å². The van der Waals surface area contributed by atoms with E-state index in [9.17, 15) is 10.1 Å². The van der Waals surface area contributed by atoms with Crippen molar-refractivity contribution in [1.82, 2.24) is 5.16 Å². The lowest BCUT2D eigenvalue weighted by atomic mass is 10.1. The molecular weight excluding hydrogens is 574 g/mol. The van der Waals surface area contributed by atoms with Crippen LogP contribution in [0.1, 0.15) is 22.6 Å². The first kappa shape index (κ1) is 19.8. The zero-order valence-corrected chi connectivity index (χ0v) is 18.5. The molecule has 0 atom stereocenters. The van der Waals surface area contributed by atoms with Crippen LogP contribution in [-0.2, 0) is 6.61 Å². The Balaban J connectivity index is 1.92. The molecule has 1 heterocycles. The number of ether oxygens (including phenoxy) is 1. The van der Waals surface area contributed by atoms with E-state index >= 15 is 0 Å². The van der Waals surface area contributed by atoms with Crippen LogP contribution < -0.4 is 4.74 Å². The molecule has 0 N–H and O–H groups in total. The van der Waals surface area contributed by atoms with E-state index in [0.29, 0.717) is 6.61 Å². The topological polar surface area (TPSA) is 78.4 Å². The fourth-order valence-electron chi connectivity index (χ4n) is 2.47. The standard InChI is InChI=1S/C19H14I2N2O4/c1-12-18(23(24)25)17(27-22-12)8-7-14-9-15(20)10-16(21)19(14)26-11-13-5-3-2-4-6-13/h2-10H,11H2,1H3/b8-7-. The SMILES string of the molecule is Cc1noc(/C=C\c2cc(I)cc(I)c2OCc2ccccc2)c1[N+](=O)[O-]. The number of aromatic nitrogens is 1. The molecule has 3 aromatic rings. The van der Waals surface area contributed by atoms with Gasteiger partial charge in [0.05, 0.1) is 8.49 Å². The molecule has 0 spiro atoms. The highest BCUT2D eigenvalue weighted by atomic mass is 127. The Morgan fingerprint density at radius 3 is 2.67 bits per heavy atom. The summed E-state index contributed by atoms with van der Waals surface area (Å²) in [6.07, 6.45) is 3.30. The predicted octanol–water partition coefficient (Wildman–Crippen LogP) is 5.85. The summed E-state index contributed by atoms with van der Waals surface area (Å²) in [7, 11) is 0. The van der Waals surface area contributed by atoms with Crippen LogP contribution in [0.5, 0.6) is 5.75 Å². The average Bonchev–Trinajstić information content (AvgIpc) is 3.00. The molecular formula is C19H14I2N2O4. The fraction of sp³-hybridized carbons (Fsp3) is 0.105. The van der Waals surface area contributed by atoms with E-state index in [2.05, 4.69) is 50.3 Å². The average molecular weight is 588 g/mol. The molecule has 1 aromatic heterocycles. The molecule has 3 rings (SSSR count). The minimum Gasteiger partial charge on any atom is -0.487 e. The molecule has 0 saturated heterocycles. The summed E-state index contributed by atoms with van der Waals surface area (Å²) in [5.74, 6) is 0.829. The van der Waals surface area contributed by atoms with Crippen LogP contribution in [0, 0.1) is 24.2 Å². The van der Waals surface area contributed by atoms with E-state index in [4.69, 9.17) is 9.26 Å². The van der Waals surface area contributed by atoms with Gasteiger partial charge >= 0.3 is 5.69 Å². The number of nitro groups is 1. The van der Waals surface area contributed by atoms with Crippen molar-refractivity contribution in [2.45, 2.75) is 13.5 Å². The molecule has 8 heteroatoms. The van der Waals surface area contributed by atoms with E-state index in [1.807, 2.05) is 42.5 Å². The maximum absolute atomic E-state index is 11.2. The van der Waals surface area contributed by atoms with Gasteiger partial charge < -0.3 is 9.26 Å². The summed E-state index contributed by atoms with van der Waals surface area (Å²) in [5.41, 5.74) is 1.99. The molecule has 2 aromatic carbocycles. The van der Waals surface area contributed by atoms with Crippen LogP contribution in [0.3, 0.4) is 0 Å². The first-order valence-corrected chi connectivity index (χ1v) is 10.1. The van der Waals surface area contributed by atoms with Gasteiger partial charge in [0.25, 0.3) is 0 Å². The van der Waals surface area contributed by atoms with Gasteiger partial charge in [-0.15, -0.1) is 0 Å². The van der Waals surface area contributed by atoms with Crippen molar-refractivity contribution < 1.29 is 14.2 Å². The van der Waals surface area contributed by atoms with Crippen molar-refractivity contribution in [3.8, 4) is 5.75 Å². The Morgan fingerprint density at radius 2 is 1.96 bits per heavy atom. The lowest BCUT2D eigenvalue weighted by Crippen LogP contribution is -1.99. The first-order chi connectivity index (χ1) is 13.0. The van der Waals surface area contributed by atoms with Gasteiger partial charge in [-0.1, -0.05) is 35.5 Å². The lowest BCUT2D eigenvalue weighted by Gasteiger charge is -2.12. The maximum Gasteiger partial charge on any atom is 0.338 e. The number of aryl methyl sites for hydroxylation is 1. The summed E-state index contributed by atoms with van der Waals surface area (Å²) in [6, 6.07) is 13.8. The lowest BCUT2D eigenvalue weighted by molar-refractivity contribution is -0.386. The molecule has 0 amide bonds. The molecule has 0 bridgehead atoms. The van der Waals surface area contributed by atoms with E-state index in [0.717, 1.165) is 24.0 Å². The highest BCUT2D eigenvalue weighted by Crippen LogP contribution is 2.32. The molecule has 138 valence electrons. The number of rotatable bonds is 6. The highest BCUT2D eigenvalue weighted by molar-refractivity contribution is 14.1. The van der Waals surface area contributed by atoms with Crippen LogP contribution in [0.2, 0.25) is 0 Å². The van der Waals surface area contributed by atoms with Gasteiger partial charge in [-0.2, -0.15) is 0 Å². The van der Waals surface area contributed by atoms with Gasteiger partial charge in [-0.3, -0.25) is 10.1 Å². The summed E-state index contributed by atoms with van der Waals surface area (Å²) in [4.78, 5) is 10.7. The maximum atomic E-state index is 11.2. The second-order valence-electron chi connectivity index (χ2n) is 5.65. The fourth-order valence-corrected chi connectivity index (χ4v) is 4.51. The monoisotopic (exact) mass is 588 g/mol. The van der Waals surface area contributed by atoms with Crippen LogP contribution >= 0.6 is 45.2 Å². The Labute approximate surface area is 183 Å². The second kappa shape index (κ2) is 8.83. The Kier molecular flexibility index (Phi) is 6.47. The van der Waals surface area contributed by atoms with Crippen molar-refractivity contribution in [2.75, 3.05) is 0 Å². The van der Waals surface area contributed by atoms with Gasteiger partial charge in [-0.25, -0.2) is 0 Å². The van der Waals surface area contributed by atoms with E-state index in [-0.39, 0.29) is 17.1 Å². The van der Waals surface area contributed by atoms with E-state index in [1.165, 1.54) is 0 Å². The van der Waals surface area contributed by atoms with Crippen molar-refractivity contribution >= 4 is 63.0 Å². The third-order valence-corrected chi connectivity index (χ3v) is 5.14. The third-order valence-electron chi connectivity index (χ3n) is 3.72. The molecule has 0 fully saturated rings. The van der Waals surface area contributed by atoms with Gasteiger partial charge in [-0.05, 0) is 82.0 Å². The largest absolute Gasteiger partial charge is 0.487 e. The van der Waals surface area contributed by atoms with Crippen molar-refractivity contribution in [1.29, 1.82) is 0 Å². The number of hydrogen-bond donors (Lipinski definition) is 0. The summed E-state index contributed by atoms with van der Waals surface area (Å²) < 4.78 is 13.1. The Bertz CT molecular complexity index is 1000. The second-order valence-corrected chi connectivity index (χ2v) is 8.06. The van der Waals surface area contributed by atoms with Crippen molar-refractivity contribution in [2.24, 2.45) is 0 Å². The molecule has 0 aliphatic heterocycles. The van der Waals surface area contributed by atoms with Crippen LogP contribution in [0.15, 0.2) is 47.0 Å². The van der Waals surface area contributed by atoms with E-state index in [1.54, 1.807) is 19.1 Å². The minimum atomic E-state index is -0.489. The molecule has 0 aliphatic carbocycles. The van der Waals surface area contributed by atoms with Gasteiger partial charge in [0.1, 0.15) is 12.4 Å². The van der Waals surface area contributed by atoms with Crippen molar-refractivity contribution in [3.63, 3.8) is 0 Å². The van der Waals surface area contributed by atoms with Gasteiger partial charge in [0.15, 0.2) is 5.69 Å². The van der Waals surface area contributed by atoms with Gasteiger partial charge in [0.2, 0.25) is 5.76 Å². The quantitative estimate of drug-likeness (QED) is 0.205. The number of nitrogens with zero attached hydrogens (tertiary/aromatic N) is 2. The molecule has 6 nitrogen and oxygen atoms in total. The normalized spacial score (nSPS) is 11.1. The van der Waals surface area contributed by atoms with Crippen LogP contribution in [0.4, 0.5) is 5.69 Å². The van der Waals surface area contributed by atoms with Crippen molar-refractivity contribution in [3.05, 3.63) is 82.3 Å². The number of halogens is 2. The smallest absolute Gasteiger partial charge is 0.338 e. The Hall–Kier alpha value is -1.95. The summed E-state index contributed by atoms with van der Waals surface area (Å²) in [6.45, 7) is 1.97. The molecule has 27 heavy (non-hydrogen) atoms. The van der Waals surface area contributed by atoms with Crippen LogP contribution in [0.25, 0.3) is 12.2 Å². The molecule has 0 unspecified atom stereocenters. The zero-order chi connectivity index (χ0) is 19.4. The predicted molar refractivity (Wildman–Crippen MR) is 119 cm³/mol. The molecule has 0 aliphatic rings. The van der Waals surface area contributed by atoms with E-state index < -0.39 is 4.92 Å². The third kappa shape index (κ3) is 4.86. The minimum absolute atomic E-state index is 0.111. The van der Waals surface area contributed by atoms with Crippen LogP contribution in [-0.4, -0.2) is 10.1 Å². The number of hydrogen-bond acceptors (Lipinski definition) is 5. The molecule has 0 saturated carbocycles. The summed E-state index contributed by atoms with van der Waals surface area (Å²) >= 11 is 4.45. The zero-order valence-electron chi connectivity index (χ0n) is 14.2. The first-order valence-electron chi connectivity index (χ1n) is 7.90.